The fraction of sp³-hybridized carbons (Fsp3) is 0.917. The monoisotopic (exact) mass is 244 g/mol. The predicted molar refractivity (Wildman–Crippen MR) is 70.3 cm³/mol. The molecular formula is C12H24N2OS. The van der Waals surface area contributed by atoms with Gasteiger partial charge in [0.1, 0.15) is 0 Å². The molecule has 0 aromatic carbocycles. The minimum Gasteiger partial charge on any atom is -0.368 e. The van der Waals surface area contributed by atoms with Crippen LogP contribution < -0.4 is 11.5 Å². The Bertz CT molecular complexity index is 247. The Kier molecular flexibility index (Phi) is 5.12. The summed E-state index contributed by atoms with van der Waals surface area (Å²) in [6, 6.07) is 0. The highest BCUT2D eigenvalue weighted by Gasteiger charge is 2.43. The van der Waals surface area contributed by atoms with Crippen LogP contribution in [0.3, 0.4) is 0 Å². The van der Waals surface area contributed by atoms with E-state index >= 15 is 0 Å². The Morgan fingerprint density at radius 3 is 2.88 bits per heavy atom. The van der Waals surface area contributed by atoms with Gasteiger partial charge in [-0.2, -0.15) is 11.8 Å². The van der Waals surface area contributed by atoms with Crippen LogP contribution in [0.1, 0.15) is 46.0 Å². The summed E-state index contributed by atoms with van der Waals surface area (Å²) in [5, 5.41) is 0.696. The number of nitrogens with two attached hydrogens (primary N) is 2. The topological polar surface area (TPSA) is 69.1 Å². The van der Waals surface area contributed by atoms with E-state index in [-0.39, 0.29) is 5.91 Å². The largest absolute Gasteiger partial charge is 0.368 e. The third-order valence-electron chi connectivity index (χ3n) is 3.77. The molecule has 0 spiro atoms. The molecule has 1 rings (SSSR count). The SMILES string of the molecule is CCC(C)SCCC1CCCC1(N)C(N)=O. The quantitative estimate of drug-likeness (QED) is 0.749. The molecule has 0 bridgehead atoms. The number of primary amides is 1. The van der Waals surface area contributed by atoms with Crippen LogP contribution in [0.2, 0.25) is 0 Å². The highest BCUT2D eigenvalue weighted by atomic mass is 32.2. The lowest BCUT2D eigenvalue weighted by molar-refractivity contribution is -0.124. The fourth-order valence-corrected chi connectivity index (χ4v) is 3.42. The summed E-state index contributed by atoms with van der Waals surface area (Å²) in [5.41, 5.74) is 10.8. The first-order chi connectivity index (χ1) is 7.50. The maximum Gasteiger partial charge on any atom is 0.237 e. The zero-order chi connectivity index (χ0) is 12.2. The Morgan fingerprint density at radius 1 is 1.62 bits per heavy atom. The molecular weight excluding hydrogens is 220 g/mol. The van der Waals surface area contributed by atoms with Gasteiger partial charge in [0.15, 0.2) is 0 Å². The minimum atomic E-state index is -0.726. The van der Waals surface area contributed by atoms with E-state index in [0.717, 1.165) is 31.4 Å². The molecule has 0 heterocycles. The maximum absolute atomic E-state index is 11.4. The van der Waals surface area contributed by atoms with Crippen molar-refractivity contribution in [1.29, 1.82) is 0 Å². The number of hydrogen-bond donors (Lipinski definition) is 2. The summed E-state index contributed by atoms with van der Waals surface area (Å²) in [6.07, 6.45) is 5.08. The van der Waals surface area contributed by atoms with E-state index in [9.17, 15) is 4.79 Å². The van der Waals surface area contributed by atoms with Gasteiger partial charge in [-0.25, -0.2) is 0 Å². The Morgan fingerprint density at radius 2 is 2.31 bits per heavy atom. The Labute approximate surface area is 103 Å². The number of carbonyl (C=O) groups is 1. The number of carbonyl (C=O) groups excluding carboxylic acids is 1. The molecule has 0 radical (unpaired) electrons. The number of rotatable bonds is 6. The van der Waals surface area contributed by atoms with Crippen LogP contribution in [-0.4, -0.2) is 22.4 Å². The molecule has 0 saturated heterocycles. The minimum absolute atomic E-state index is 0.293. The molecule has 3 nitrogen and oxygen atoms in total. The molecule has 0 aromatic heterocycles. The van der Waals surface area contributed by atoms with E-state index in [2.05, 4.69) is 13.8 Å². The summed E-state index contributed by atoms with van der Waals surface area (Å²) in [7, 11) is 0. The van der Waals surface area contributed by atoms with E-state index in [1.165, 1.54) is 6.42 Å². The van der Waals surface area contributed by atoms with Gasteiger partial charge in [0, 0.05) is 5.25 Å². The summed E-state index contributed by atoms with van der Waals surface area (Å²) in [5.74, 6) is 1.07. The zero-order valence-electron chi connectivity index (χ0n) is 10.4. The average Bonchev–Trinajstić information content (AvgIpc) is 2.61. The molecule has 1 fully saturated rings. The van der Waals surface area contributed by atoms with Gasteiger partial charge in [0.25, 0.3) is 0 Å². The lowest BCUT2D eigenvalue weighted by Crippen LogP contribution is -2.54. The lowest BCUT2D eigenvalue weighted by Gasteiger charge is -2.28. The lowest BCUT2D eigenvalue weighted by atomic mass is 9.85. The predicted octanol–water partition coefficient (Wildman–Crippen LogP) is 1.89. The third kappa shape index (κ3) is 3.14. The molecule has 3 unspecified atom stereocenters. The van der Waals surface area contributed by atoms with Crippen molar-refractivity contribution in [2.24, 2.45) is 17.4 Å². The molecule has 0 aliphatic heterocycles. The summed E-state index contributed by atoms with van der Waals surface area (Å²) >= 11 is 1.97. The number of amides is 1. The molecule has 3 atom stereocenters. The van der Waals surface area contributed by atoms with Gasteiger partial charge >= 0.3 is 0 Å². The molecule has 1 aliphatic carbocycles. The molecule has 16 heavy (non-hydrogen) atoms. The average molecular weight is 244 g/mol. The van der Waals surface area contributed by atoms with Gasteiger partial charge < -0.3 is 11.5 Å². The third-order valence-corrected chi connectivity index (χ3v) is 5.15. The Hall–Kier alpha value is -0.220. The summed E-state index contributed by atoms with van der Waals surface area (Å²) < 4.78 is 0. The van der Waals surface area contributed by atoms with E-state index < -0.39 is 5.54 Å². The van der Waals surface area contributed by atoms with Crippen LogP contribution in [-0.2, 0) is 4.79 Å². The molecule has 0 aromatic rings. The van der Waals surface area contributed by atoms with Crippen LogP contribution in [0.25, 0.3) is 0 Å². The van der Waals surface area contributed by atoms with Crippen molar-refractivity contribution in [2.75, 3.05) is 5.75 Å². The van der Waals surface area contributed by atoms with Gasteiger partial charge in [-0.15, -0.1) is 0 Å². The van der Waals surface area contributed by atoms with E-state index in [1.54, 1.807) is 0 Å². The van der Waals surface area contributed by atoms with Gasteiger partial charge in [-0.1, -0.05) is 20.3 Å². The first-order valence-electron chi connectivity index (χ1n) is 6.21. The van der Waals surface area contributed by atoms with Crippen molar-refractivity contribution >= 4 is 17.7 Å². The molecule has 94 valence electrons. The van der Waals surface area contributed by atoms with Crippen molar-refractivity contribution in [1.82, 2.24) is 0 Å². The second kappa shape index (κ2) is 5.92. The molecule has 1 saturated carbocycles. The van der Waals surface area contributed by atoms with Crippen LogP contribution in [0.5, 0.6) is 0 Å². The van der Waals surface area contributed by atoms with Gasteiger partial charge in [-0.05, 0) is 37.4 Å². The fourth-order valence-electron chi connectivity index (χ4n) is 2.36. The number of thioether (sulfide) groups is 1. The van der Waals surface area contributed by atoms with E-state index in [0.29, 0.717) is 11.2 Å². The normalized spacial score (nSPS) is 31.6. The van der Waals surface area contributed by atoms with Gasteiger partial charge in [0.2, 0.25) is 5.91 Å². The van der Waals surface area contributed by atoms with Crippen LogP contribution in [0.15, 0.2) is 0 Å². The molecule has 4 heteroatoms. The highest BCUT2D eigenvalue weighted by Crippen LogP contribution is 2.36. The van der Waals surface area contributed by atoms with Crippen LogP contribution >= 0.6 is 11.8 Å². The molecule has 1 amide bonds. The molecule has 4 N–H and O–H groups in total. The molecule has 1 aliphatic rings. The summed E-state index contributed by atoms with van der Waals surface area (Å²) in [6.45, 7) is 4.44. The highest BCUT2D eigenvalue weighted by molar-refractivity contribution is 7.99. The van der Waals surface area contributed by atoms with Crippen molar-refractivity contribution in [3.8, 4) is 0 Å². The zero-order valence-corrected chi connectivity index (χ0v) is 11.2. The maximum atomic E-state index is 11.4. The second-order valence-electron chi connectivity index (χ2n) is 4.87. The second-order valence-corrected chi connectivity index (χ2v) is 6.42. The van der Waals surface area contributed by atoms with E-state index in [1.807, 2.05) is 11.8 Å². The van der Waals surface area contributed by atoms with Crippen molar-refractivity contribution in [3.05, 3.63) is 0 Å². The van der Waals surface area contributed by atoms with Crippen LogP contribution in [0, 0.1) is 5.92 Å². The van der Waals surface area contributed by atoms with Gasteiger partial charge in [-0.3, -0.25) is 4.79 Å². The standard InChI is InChI=1S/C12H24N2OS/c1-3-9(2)16-8-6-10-5-4-7-12(10,14)11(13)15/h9-10H,3-8,14H2,1-2H3,(H2,13,15). The summed E-state index contributed by atoms with van der Waals surface area (Å²) in [4.78, 5) is 11.4. The van der Waals surface area contributed by atoms with Gasteiger partial charge in [0.05, 0.1) is 5.54 Å². The Balaban J connectivity index is 2.39. The van der Waals surface area contributed by atoms with Crippen molar-refractivity contribution < 1.29 is 4.79 Å². The van der Waals surface area contributed by atoms with E-state index in [4.69, 9.17) is 11.5 Å². The van der Waals surface area contributed by atoms with Crippen molar-refractivity contribution in [2.45, 2.75) is 56.7 Å². The number of hydrogen-bond acceptors (Lipinski definition) is 3. The first-order valence-corrected chi connectivity index (χ1v) is 7.26. The smallest absolute Gasteiger partial charge is 0.237 e. The van der Waals surface area contributed by atoms with Crippen molar-refractivity contribution in [3.63, 3.8) is 0 Å². The first kappa shape index (κ1) is 13.8. The van der Waals surface area contributed by atoms with Crippen LogP contribution in [0.4, 0.5) is 0 Å².